The van der Waals surface area contributed by atoms with Crippen molar-refractivity contribution in [3.8, 4) is 0 Å². The summed E-state index contributed by atoms with van der Waals surface area (Å²) in [6.07, 6.45) is 0.664. The van der Waals surface area contributed by atoms with E-state index in [9.17, 15) is 16.8 Å². The Hall–Kier alpha value is -1.66. The molecule has 0 unspecified atom stereocenters. The molecule has 0 aliphatic rings. The van der Waals surface area contributed by atoms with Gasteiger partial charge in [-0.3, -0.25) is 0 Å². The average Bonchev–Trinajstić information content (AvgIpc) is 2.57. The molecule has 0 amide bonds. The van der Waals surface area contributed by atoms with Crippen LogP contribution in [0.4, 0.5) is 0 Å². The fourth-order valence-electron chi connectivity index (χ4n) is 1.90. The molecule has 0 aliphatic heterocycles. The molecule has 0 saturated carbocycles. The van der Waals surface area contributed by atoms with Gasteiger partial charge in [0.05, 0.1) is 20.8 Å². The van der Waals surface area contributed by atoms with E-state index in [-0.39, 0.29) is 11.0 Å². The van der Waals surface area contributed by atoms with Crippen LogP contribution >= 0.6 is 0 Å². The van der Waals surface area contributed by atoms with Crippen molar-refractivity contribution in [3.05, 3.63) is 60.7 Å². The van der Waals surface area contributed by atoms with Gasteiger partial charge in [0.2, 0.25) is 0 Å². The van der Waals surface area contributed by atoms with Gasteiger partial charge in [0, 0.05) is 0 Å². The molecule has 0 heterocycles. The fourth-order valence-corrected chi connectivity index (χ4v) is 4.32. The predicted octanol–water partition coefficient (Wildman–Crippen LogP) is 3.74. The number of hydrogen-bond donors (Lipinski definition) is 0. The molecule has 2 rings (SSSR count). The number of benzene rings is 2. The van der Waals surface area contributed by atoms with Gasteiger partial charge in [0.25, 0.3) is 0 Å². The minimum absolute atomic E-state index is 0.233. The van der Waals surface area contributed by atoms with E-state index < -0.39 is 19.7 Å². The van der Waals surface area contributed by atoms with E-state index >= 15 is 0 Å². The van der Waals surface area contributed by atoms with E-state index in [1.165, 1.54) is 0 Å². The van der Waals surface area contributed by atoms with E-state index in [4.69, 9.17) is 0 Å². The topological polar surface area (TPSA) is 68.3 Å². The summed E-state index contributed by atoms with van der Waals surface area (Å²) >= 11 is 0. The molecule has 0 fully saturated rings. The van der Waals surface area contributed by atoms with Crippen LogP contribution in [0.1, 0.15) is 27.2 Å². The summed E-state index contributed by atoms with van der Waals surface area (Å²) in [6.45, 7) is 5.23. The molecule has 0 bridgehead atoms. The van der Waals surface area contributed by atoms with Crippen LogP contribution in [0.3, 0.4) is 0 Å². The van der Waals surface area contributed by atoms with Crippen LogP contribution < -0.4 is 0 Å². The molecule has 2 aromatic rings. The Balaban J connectivity index is 0.000000240. The van der Waals surface area contributed by atoms with Crippen molar-refractivity contribution < 1.29 is 16.8 Å². The summed E-state index contributed by atoms with van der Waals surface area (Å²) in [5, 5.41) is -0.347. The molecule has 0 aliphatic carbocycles. The van der Waals surface area contributed by atoms with Gasteiger partial charge in [0.1, 0.15) is 0 Å². The van der Waals surface area contributed by atoms with E-state index in [0.29, 0.717) is 16.2 Å². The van der Waals surface area contributed by atoms with Crippen molar-refractivity contribution in [1.29, 1.82) is 0 Å². The first kappa shape index (κ1) is 20.4. The second-order valence-electron chi connectivity index (χ2n) is 5.54. The van der Waals surface area contributed by atoms with Gasteiger partial charge in [-0.2, -0.15) is 0 Å². The maximum Gasteiger partial charge on any atom is 0.180 e. The zero-order valence-electron chi connectivity index (χ0n) is 14.2. The zero-order valence-corrected chi connectivity index (χ0v) is 15.8. The molecule has 132 valence electrons. The lowest BCUT2D eigenvalue weighted by Gasteiger charge is -2.06. The third kappa shape index (κ3) is 5.76. The van der Waals surface area contributed by atoms with Gasteiger partial charge in [0.15, 0.2) is 19.7 Å². The van der Waals surface area contributed by atoms with E-state index in [0.717, 1.165) is 0 Å². The molecule has 6 heteroatoms. The van der Waals surface area contributed by atoms with Crippen molar-refractivity contribution in [3.63, 3.8) is 0 Å². The SMILES string of the molecule is CC(C)S(=O)(=O)c1ccccc1.CCCS(=O)(=O)c1ccccc1. The highest BCUT2D eigenvalue weighted by atomic mass is 32.2. The molecule has 2 aromatic carbocycles. The summed E-state index contributed by atoms with van der Waals surface area (Å²) in [5.74, 6) is 0.233. The standard InChI is InChI=1S/2C9H12O2S/c1-8(2)12(10,11)9-6-4-3-5-7-9;1-2-8-12(10,11)9-6-4-3-5-7-9/h3-8H,1-2H3;3-7H,2,8H2,1H3. The quantitative estimate of drug-likeness (QED) is 0.806. The van der Waals surface area contributed by atoms with Crippen molar-refractivity contribution in [2.45, 2.75) is 42.2 Å². The van der Waals surface area contributed by atoms with E-state index in [2.05, 4.69) is 0 Å². The molecule has 0 N–H and O–H groups in total. The molecular formula is C18H24O4S2. The average molecular weight is 369 g/mol. The smallest absolute Gasteiger partial charge is 0.180 e. The lowest BCUT2D eigenvalue weighted by Crippen LogP contribution is -2.13. The Kier molecular flexibility index (Phi) is 7.63. The predicted molar refractivity (Wildman–Crippen MR) is 97.5 cm³/mol. The molecule has 0 atom stereocenters. The summed E-state index contributed by atoms with van der Waals surface area (Å²) < 4.78 is 45.9. The summed E-state index contributed by atoms with van der Waals surface area (Å²) in [5.41, 5.74) is 0. The first-order valence-electron chi connectivity index (χ1n) is 7.78. The van der Waals surface area contributed by atoms with Crippen molar-refractivity contribution in [1.82, 2.24) is 0 Å². The van der Waals surface area contributed by atoms with E-state index in [1.54, 1.807) is 68.4 Å². The van der Waals surface area contributed by atoms with Crippen LogP contribution in [-0.2, 0) is 19.7 Å². The highest BCUT2D eigenvalue weighted by molar-refractivity contribution is 7.92. The Bertz CT molecular complexity index is 810. The van der Waals surface area contributed by atoms with Crippen LogP contribution in [0.25, 0.3) is 0 Å². The van der Waals surface area contributed by atoms with Gasteiger partial charge in [-0.25, -0.2) is 16.8 Å². The zero-order chi connectivity index (χ0) is 18.2. The monoisotopic (exact) mass is 368 g/mol. The summed E-state index contributed by atoms with van der Waals surface area (Å²) in [6, 6.07) is 17.1. The van der Waals surface area contributed by atoms with Gasteiger partial charge in [-0.1, -0.05) is 43.3 Å². The molecule has 0 radical (unpaired) electrons. The van der Waals surface area contributed by atoms with Crippen molar-refractivity contribution >= 4 is 19.7 Å². The molecule has 24 heavy (non-hydrogen) atoms. The number of sulfone groups is 2. The number of hydrogen-bond acceptors (Lipinski definition) is 4. The molecule has 0 spiro atoms. The van der Waals surface area contributed by atoms with Gasteiger partial charge < -0.3 is 0 Å². The largest absolute Gasteiger partial charge is 0.224 e. The highest BCUT2D eigenvalue weighted by Gasteiger charge is 2.17. The summed E-state index contributed by atoms with van der Waals surface area (Å²) in [4.78, 5) is 0.826. The Morgan fingerprint density at radius 3 is 1.54 bits per heavy atom. The number of rotatable bonds is 5. The lowest BCUT2D eigenvalue weighted by molar-refractivity contribution is 0.587. The Morgan fingerprint density at radius 2 is 1.17 bits per heavy atom. The maximum atomic E-state index is 11.5. The van der Waals surface area contributed by atoms with Gasteiger partial charge in [-0.05, 0) is 44.5 Å². The molecule has 0 aromatic heterocycles. The second-order valence-corrected chi connectivity index (χ2v) is 10.2. The highest BCUT2D eigenvalue weighted by Crippen LogP contribution is 2.14. The van der Waals surface area contributed by atoms with Crippen molar-refractivity contribution in [2.24, 2.45) is 0 Å². The fraction of sp³-hybridized carbons (Fsp3) is 0.333. The maximum absolute atomic E-state index is 11.5. The van der Waals surface area contributed by atoms with Gasteiger partial charge >= 0.3 is 0 Å². The van der Waals surface area contributed by atoms with Crippen LogP contribution in [0.2, 0.25) is 0 Å². The van der Waals surface area contributed by atoms with Crippen LogP contribution in [-0.4, -0.2) is 27.8 Å². The lowest BCUT2D eigenvalue weighted by atomic mass is 10.4. The minimum Gasteiger partial charge on any atom is -0.224 e. The normalized spacial score (nSPS) is 11.7. The van der Waals surface area contributed by atoms with Crippen molar-refractivity contribution in [2.75, 3.05) is 5.75 Å². The van der Waals surface area contributed by atoms with Crippen LogP contribution in [0.15, 0.2) is 70.5 Å². The van der Waals surface area contributed by atoms with Gasteiger partial charge in [-0.15, -0.1) is 0 Å². The third-order valence-corrected chi connectivity index (χ3v) is 7.37. The van der Waals surface area contributed by atoms with Crippen LogP contribution in [0.5, 0.6) is 0 Å². The summed E-state index contributed by atoms with van der Waals surface area (Å²) in [7, 11) is -6.09. The van der Waals surface area contributed by atoms with Crippen LogP contribution in [0, 0.1) is 0 Å². The minimum atomic E-state index is -3.08. The molecular weight excluding hydrogens is 344 g/mol. The molecule has 0 saturated heterocycles. The third-order valence-electron chi connectivity index (χ3n) is 3.27. The first-order valence-corrected chi connectivity index (χ1v) is 11.0. The Morgan fingerprint density at radius 1 is 0.750 bits per heavy atom. The molecule has 4 nitrogen and oxygen atoms in total. The first-order chi connectivity index (χ1) is 11.2. The Labute approximate surface area is 145 Å². The second kappa shape index (κ2) is 8.99. The van der Waals surface area contributed by atoms with E-state index in [1.807, 2.05) is 13.0 Å².